The molecule has 0 unspecified atom stereocenters. The molecular formula is C15H10ClF4NO2S. The van der Waals surface area contributed by atoms with Crippen LogP contribution < -0.4 is 10.1 Å². The fraction of sp³-hybridized carbons (Fsp3) is 0.133. The molecule has 0 saturated carbocycles. The summed E-state index contributed by atoms with van der Waals surface area (Å²) in [6.07, 6.45) is 0. The second-order valence-corrected chi connectivity index (χ2v) is 5.81. The van der Waals surface area contributed by atoms with E-state index in [9.17, 15) is 22.4 Å². The van der Waals surface area contributed by atoms with Crippen LogP contribution in [0.4, 0.5) is 23.2 Å². The van der Waals surface area contributed by atoms with Crippen LogP contribution in [0.15, 0.2) is 41.3 Å². The van der Waals surface area contributed by atoms with Gasteiger partial charge in [-0.2, -0.15) is 8.78 Å². The Balaban J connectivity index is 2.03. The van der Waals surface area contributed by atoms with Crippen LogP contribution in [0.1, 0.15) is 0 Å². The number of hydrogen-bond acceptors (Lipinski definition) is 3. The van der Waals surface area contributed by atoms with Crippen LogP contribution in [-0.2, 0) is 4.79 Å². The Morgan fingerprint density at radius 1 is 1.25 bits per heavy atom. The highest BCUT2D eigenvalue weighted by atomic mass is 35.5. The van der Waals surface area contributed by atoms with Gasteiger partial charge in [-0.25, -0.2) is 8.78 Å². The molecule has 0 bridgehead atoms. The Hall–Kier alpha value is -1.93. The summed E-state index contributed by atoms with van der Waals surface area (Å²) in [5.41, 5.74) is 0.0842. The van der Waals surface area contributed by atoms with Gasteiger partial charge < -0.3 is 10.1 Å². The van der Waals surface area contributed by atoms with Crippen molar-refractivity contribution in [3.8, 4) is 5.75 Å². The van der Waals surface area contributed by atoms with E-state index in [-0.39, 0.29) is 33.1 Å². The second-order valence-electron chi connectivity index (χ2n) is 4.41. The van der Waals surface area contributed by atoms with Crippen molar-refractivity contribution < 1.29 is 27.1 Å². The number of thioether (sulfide) groups is 1. The van der Waals surface area contributed by atoms with E-state index in [1.807, 2.05) is 0 Å². The van der Waals surface area contributed by atoms with Gasteiger partial charge in [0.15, 0.2) is 18.2 Å². The van der Waals surface area contributed by atoms with Crippen LogP contribution in [0.2, 0.25) is 5.02 Å². The van der Waals surface area contributed by atoms with E-state index in [1.165, 1.54) is 18.2 Å². The number of nitrogens with one attached hydrogen (secondary N) is 1. The monoisotopic (exact) mass is 379 g/mol. The molecule has 3 nitrogen and oxygen atoms in total. The SMILES string of the molecule is O=C(COc1ccc(F)cc1F)Nc1cccc(Cl)c1SC(F)F. The van der Waals surface area contributed by atoms with Crippen molar-refractivity contribution in [2.24, 2.45) is 0 Å². The number of benzene rings is 2. The van der Waals surface area contributed by atoms with Crippen LogP contribution in [0.5, 0.6) is 5.75 Å². The predicted molar refractivity (Wildman–Crippen MR) is 83.8 cm³/mol. The van der Waals surface area contributed by atoms with E-state index in [2.05, 4.69) is 5.32 Å². The van der Waals surface area contributed by atoms with Gasteiger partial charge >= 0.3 is 0 Å². The minimum Gasteiger partial charge on any atom is -0.481 e. The molecule has 2 rings (SSSR count). The number of ether oxygens (including phenoxy) is 1. The maximum absolute atomic E-state index is 13.4. The smallest absolute Gasteiger partial charge is 0.289 e. The number of rotatable bonds is 6. The first-order valence-corrected chi connectivity index (χ1v) is 7.73. The van der Waals surface area contributed by atoms with Gasteiger partial charge in [-0.3, -0.25) is 4.79 Å². The average Bonchev–Trinajstić information content (AvgIpc) is 2.49. The molecule has 2 aromatic carbocycles. The highest BCUT2D eigenvalue weighted by Crippen LogP contribution is 2.37. The number of alkyl halides is 2. The summed E-state index contributed by atoms with van der Waals surface area (Å²) >= 11 is 6.03. The number of anilines is 1. The molecule has 0 saturated heterocycles. The molecule has 0 fully saturated rings. The number of halogens is 5. The number of carbonyl (C=O) groups is 1. The van der Waals surface area contributed by atoms with E-state index in [1.54, 1.807) is 0 Å². The third-order valence-electron chi connectivity index (χ3n) is 2.70. The first-order chi connectivity index (χ1) is 11.4. The van der Waals surface area contributed by atoms with Crippen molar-refractivity contribution >= 4 is 35.0 Å². The van der Waals surface area contributed by atoms with Crippen molar-refractivity contribution in [1.29, 1.82) is 0 Å². The Morgan fingerprint density at radius 3 is 2.67 bits per heavy atom. The standard InChI is InChI=1S/C15H10ClF4NO2S/c16-9-2-1-3-11(14(9)24-15(19)20)21-13(22)7-23-12-5-4-8(17)6-10(12)18/h1-6,15H,7H2,(H,21,22). The number of amides is 1. The number of carbonyl (C=O) groups excluding carboxylic acids is 1. The van der Waals surface area contributed by atoms with E-state index >= 15 is 0 Å². The largest absolute Gasteiger partial charge is 0.481 e. The second kappa shape index (κ2) is 8.25. The Labute approximate surface area is 143 Å². The molecule has 0 radical (unpaired) electrons. The van der Waals surface area contributed by atoms with Crippen molar-refractivity contribution in [1.82, 2.24) is 0 Å². The molecule has 1 N–H and O–H groups in total. The third-order valence-corrected chi connectivity index (χ3v) is 3.98. The van der Waals surface area contributed by atoms with E-state index in [0.717, 1.165) is 12.1 Å². The lowest BCUT2D eigenvalue weighted by Gasteiger charge is -2.12. The van der Waals surface area contributed by atoms with Crippen molar-refractivity contribution in [2.45, 2.75) is 10.7 Å². The fourth-order valence-corrected chi connectivity index (χ4v) is 2.65. The normalized spacial score (nSPS) is 10.8. The lowest BCUT2D eigenvalue weighted by atomic mass is 10.3. The first kappa shape index (κ1) is 18.4. The molecule has 24 heavy (non-hydrogen) atoms. The van der Waals surface area contributed by atoms with Crippen LogP contribution in [0.3, 0.4) is 0 Å². The molecule has 1 amide bonds. The molecule has 0 aliphatic heterocycles. The van der Waals surface area contributed by atoms with Crippen LogP contribution in [-0.4, -0.2) is 18.3 Å². The lowest BCUT2D eigenvalue weighted by molar-refractivity contribution is -0.118. The van der Waals surface area contributed by atoms with Gasteiger partial charge in [0.05, 0.1) is 15.6 Å². The molecule has 0 aromatic heterocycles. The fourth-order valence-electron chi connectivity index (χ4n) is 1.74. The highest BCUT2D eigenvalue weighted by molar-refractivity contribution is 7.99. The molecule has 9 heteroatoms. The number of hydrogen-bond donors (Lipinski definition) is 1. The minimum absolute atomic E-state index is 0.00970. The summed E-state index contributed by atoms with van der Waals surface area (Å²) in [5.74, 6) is -5.47. The Kier molecular flexibility index (Phi) is 6.33. The Bertz CT molecular complexity index is 745. The maximum Gasteiger partial charge on any atom is 0.289 e. The van der Waals surface area contributed by atoms with Crippen LogP contribution in [0.25, 0.3) is 0 Å². The summed E-state index contributed by atoms with van der Waals surface area (Å²) in [7, 11) is 0. The topological polar surface area (TPSA) is 38.3 Å². The average molecular weight is 380 g/mol. The zero-order chi connectivity index (χ0) is 17.7. The van der Waals surface area contributed by atoms with Gasteiger partial charge in [0.2, 0.25) is 0 Å². The zero-order valence-corrected chi connectivity index (χ0v) is 13.4. The lowest BCUT2D eigenvalue weighted by Crippen LogP contribution is -2.21. The highest BCUT2D eigenvalue weighted by Gasteiger charge is 2.16. The predicted octanol–water partition coefficient (Wildman–Crippen LogP) is 4.95. The van der Waals surface area contributed by atoms with Gasteiger partial charge in [0.25, 0.3) is 11.7 Å². The molecule has 0 spiro atoms. The Morgan fingerprint density at radius 2 is 2.00 bits per heavy atom. The van der Waals surface area contributed by atoms with Gasteiger partial charge in [0, 0.05) is 6.07 Å². The summed E-state index contributed by atoms with van der Waals surface area (Å²) < 4.78 is 56.2. The van der Waals surface area contributed by atoms with E-state index in [4.69, 9.17) is 16.3 Å². The van der Waals surface area contributed by atoms with Gasteiger partial charge in [0.1, 0.15) is 5.82 Å². The molecule has 128 valence electrons. The van der Waals surface area contributed by atoms with E-state index in [0.29, 0.717) is 6.07 Å². The van der Waals surface area contributed by atoms with Crippen LogP contribution in [0, 0.1) is 11.6 Å². The molecular weight excluding hydrogens is 370 g/mol. The van der Waals surface area contributed by atoms with E-state index < -0.39 is 29.9 Å². The maximum atomic E-state index is 13.4. The molecule has 0 aliphatic rings. The van der Waals surface area contributed by atoms with Gasteiger partial charge in [-0.1, -0.05) is 29.4 Å². The summed E-state index contributed by atoms with van der Waals surface area (Å²) in [6, 6.07) is 6.91. The van der Waals surface area contributed by atoms with Crippen molar-refractivity contribution in [2.75, 3.05) is 11.9 Å². The summed E-state index contributed by atoms with van der Waals surface area (Å²) in [5, 5.41) is 2.42. The van der Waals surface area contributed by atoms with Crippen molar-refractivity contribution in [3.63, 3.8) is 0 Å². The van der Waals surface area contributed by atoms with Gasteiger partial charge in [-0.15, -0.1) is 0 Å². The summed E-state index contributed by atoms with van der Waals surface area (Å²) in [6.45, 7) is -0.589. The quantitative estimate of drug-likeness (QED) is 0.570. The third kappa shape index (κ3) is 5.04. The van der Waals surface area contributed by atoms with Crippen LogP contribution >= 0.6 is 23.4 Å². The van der Waals surface area contributed by atoms with Crippen molar-refractivity contribution in [3.05, 3.63) is 53.1 Å². The molecule has 0 atom stereocenters. The van der Waals surface area contributed by atoms with Gasteiger partial charge in [-0.05, 0) is 24.3 Å². The molecule has 0 aliphatic carbocycles. The molecule has 0 heterocycles. The zero-order valence-electron chi connectivity index (χ0n) is 11.9. The molecule has 2 aromatic rings. The summed E-state index contributed by atoms with van der Waals surface area (Å²) in [4.78, 5) is 11.9. The first-order valence-electron chi connectivity index (χ1n) is 6.48. The minimum atomic E-state index is -2.72.